The van der Waals surface area contributed by atoms with Gasteiger partial charge in [0.2, 0.25) is 0 Å². The Morgan fingerprint density at radius 1 is 1.14 bits per heavy atom. The summed E-state index contributed by atoms with van der Waals surface area (Å²) < 4.78 is 18.6. The maximum absolute atomic E-state index is 13.4. The minimum absolute atomic E-state index is 0.0943. The zero-order valence-electron chi connectivity index (χ0n) is 16.1. The molecule has 2 aromatic carbocycles. The number of aryl methyl sites for hydroxylation is 1. The average Bonchev–Trinajstić information content (AvgIpc) is 3.17. The predicted octanol–water partition coefficient (Wildman–Crippen LogP) is 3.53. The summed E-state index contributed by atoms with van der Waals surface area (Å²) in [7, 11) is 0. The van der Waals surface area contributed by atoms with Crippen LogP contribution in [0.5, 0.6) is 0 Å². The van der Waals surface area contributed by atoms with Crippen molar-refractivity contribution in [3.05, 3.63) is 65.7 Å². The number of hydrogen-bond acceptors (Lipinski definition) is 5. The maximum Gasteiger partial charge on any atom is 0.321 e. The van der Waals surface area contributed by atoms with Crippen LogP contribution in [-0.2, 0) is 6.54 Å². The van der Waals surface area contributed by atoms with Crippen molar-refractivity contribution < 1.29 is 13.7 Å². The lowest BCUT2D eigenvalue weighted by molar-refractivity contribution is 0.140. The molecule has 29 heavy (non-hydrogen) atoms. The van der Waals surface area contributed by atoms with E-state index in [1.807, 2.05) is 31.2 Å². The van der Waals surface area contributed by atoms with Crippen LogP contribution in [0.25, 0.3) is 11.5 Å². The number of carbonyl (C=O) groups is 1. The third kappa shape index (κ3) is 4.78. The molecule has 8 heteroatoms. The van der Waals surface area contributed by atoms with E-state index in [4.69, 9.17) is 4.52 Å². The second kappa shape index (κ2) is 8.40. The third-order valence-corrected chi connectivity index (χ3v) is 4.83. The SMILES string of the molecule is Cc1cccc(NC(=O)N2CCN(Cc3noc(-c4cccc(F)c4)n3)CC2)c1. The highest BCUT2D eigenvalue weighted by Gasteiger charge is 2.22. The first kappa shape index (κ1) is 19.1. The van der Waals surface area contributed by atoms with Crippen molar-refractivity contribution in [2.24, 2.45) is 0 Å². The summed E-state index contributed by atoms with van der Waals surface area (Å²) in [5, 5.41) is 6.93. The van der Waals surface area contributed by atoms with E-state index in [2.05, 4.69) is 20.4 Å². The van der Waals surface area contributed by atoms with Gasteiger partial charge in [-0.3, -0.25) is 4.90 Å². The van der Waals surface area contributed by atoms with Gasteiger partial charge < -0.3 is 14.7 Å². The topological polar surface area (TPSA) is 74.5 Å². The second-order valence-corrected chi connectivity index (χ2v) is 7.09. The first-order valence-corrected chi connectivity index (χ1v) is 9.50. The first-order chi connectivity index (χ1) is 14.1. The highest BCUT2D eigenvalue weighted by atomic mass is 19.1. The number of urea groups is 1. The minimum atomic E-state index is -0.345. The van der Waals surface area contributed by atoms with Gasteiger partial charge in [0.15, 0.2) is 5.82 Å². The zero-order valence-corrected chi connectivity index (χ0v) is 16.1. The smallest absolute Gasteiger partial charge is 0.321 e. The molecular formula is C21H22FN5O2. The Morgan fingerprint density at radius 2 is 1.93 bits per heavy atom. The number of piperazine rings is 1. The van der Waals surface area contributed by atoms with Crippen LogP contribution in [0.2, 0.25) is 0 Å². The molecule has 1 fully saturated rings. The molecule has 3 aromatic rings. The van der Waals surface area contributed by atoms with Crippen LogP contribution in [0.15, 0.2) is 53.1 Å². The first-order valence-electron chi connectivity index (χ1n) is 9.50. The van der Waals surface area contributed by atoms with E-state index in [1.54, 1.807) is 17.0 Å². The number of nitrogens with zero attached hydrogens (tertiary/aromatic N) is 4. The van der Waals surface area contributed by atoms with E-state index in [0.717, 1.165) is 11.3 Å². The van der Waals surface area contributed by atoms with Gasteiger partial charge in [-0.05, 0) is 42.8 Å². The van der Waals surface area contributed by atoms with Crippen molar-refractivity contribution >= 4 is 11.7 Å². The average molecular weight is 395 g/mol. The molecule has 1 N–H and O–H groups in total. The van der Waals surface area contributed by atoms with Crippen molar-refractivity contribution in [1.29, 1.82) is 0 Å². The lowest BCUT2D eigenvalue weighted by atomic mass is 10.2. The summed E-state index contributed by atoms with van der Waals surface area (Å²) >= 11 is 0. The molecule has 0 atom stereocenters. The molecule has 0 aliphatic carbocycles. The van der Waals surface area contributed by atoms with Crippen LogP contribution >= 0.6 is 0 Å². The molecule has 1 saturated heterocycles. The summed E-state index contributed by atoms with van der Waals surface area (Å²) in [6.45, 7) is 5.17. The van der Waals surface area contributed by atoms with Gasteiger partial charge in [0.05, 0.1) is 6.54 Å². The van der Waals surface area contributed by atoms with Crippen LogP contribution in [0, 0.1) is 12.7 Å². The minimum Gasteiger partial charge on any atom is -0.334 e. The summed E-state index contributed by atoms with van der Waals surface area (Å²) in [6, 6.07) is 13.7. The Kier molecular flexibility index (Phi) is 5.53. The number of anilines is 1. The highest BCUT2D eigenvalue weighted by molar-refractivity contribution is 5.89. The van der Waals surface area contributed by atoms with E-state index in [1.165, 1.54) is 12.1 Å². The Morgan fingerprint density at radius 3 is 2.69 bits per heavy atom. The molecule has 0 unspecified atom stereocenters. The van der Waals surface area contributed by atoms with Crippen molar-refractivity contribution in [3.63, 3.8) is 0 Å². The van der Waals surface area contributed by atoms with E-state index in [-0.39, 0.29) is 11.8 Å². The largest absolute Gasteiger partial charge is 0.334 e. The number of amides is 2. The molecular weight excluding hydrogens is 373 g/mol. The van der Waals surface area contributed by atoms with Gasteiger partial charge in [-0.2, -0.15) is 4.98 Å². The molecule has 7 nitrogen and oxygen atoms in total. The number of nitrogens with one attached hydrogen (secondary N) is 1. The van der Waals surface area contributed by atoms with Gasteiger partial charge in [-0.25, -0.2) is 9.18 Å². The molecule has 4 rings (SSSR count). The molecule has 2 amide bonds. The Hall–Kier alpha value is -3.26. The van der Waals surface area contributed by atoms with Gasteiger partial charge in [-0.15, -0.1) is 0 Å². The molecule has 0 saturated carbocycles. The summed E-state index contributed by atoms with van der Waals surface area (Å²) in [4.78, 5) is 20.8. The van der Waals surface area contributed by atoms with Crippen molar-refractivity contribution in [2.45, 2.75) is 13.5 Å². The van der Waals surface area contributed by atoms with E-state index >= 15 is 0 Å². The summed E-state index contributed by atoms with van der Waals surface area (Å²) in [5.74, 6) is 0.500. The van der Waals surface area contributed by atoms with Crippen molar-refractivity contribution in [2.75, 3.05) is 31.5 Å². The molecule has 1 aliphatic heterocycles. The fourth-order valence-corrected chi connectivity index (χ4v) is 3.29. The van der Waals surface area contributed by atoms with Crippen LogP contribution in [0.1, 0.15) is 11.4 Å². The number of halogens is 1. The van der Waals surface area contributed by atoms with Gasteiger partial charge in [-0.1, -0.05) is 23.4 Å². The molecule has 2 heterocycles. The summed E-state index contributed by atoms with van der Waals surface area (Å²) in [5.41, 5.74) is 2.46. The zero-order chi connectivity index (χ0) is 20.2. The highest BCUT2D eigenvalue weighted by Crippen LogP contribution is 2.19. The molecule has 0 bridgehead atoms. The summed E-state index contributed by atoms with van der Waals surface area (Å²) in [6.07, 6.45) is 0. The number of hydrogen-bond donors (Lipinski definition) is 1. The fourth-order valence-electron chi connectivity index (χ4n) is 3.29. The monoisotopic (exact) mass is 395 g/mol. The number of aromatic nitrogens is 2. The van der Waals surface area contributed by atoms with E-state index in [0.29, 0.717) is 50.0 Å². The fraction of sp³-hybridized carbons (Fsp3) is 0.286. The molecule has 0 spiro atoms. The number of carbonyl (C=O) groups excluding carboxylic acids is 1. The van der Waals surface area contributed by atoms with Gasteiger partial charge >= 0.3 is 6.03 Å². The molecule has 0 radical (unpaired) electrons. The van der Waals surface area contributed by atoms with Crippen molar-refractivity contribution in [1.82, 2.24) is 19.9 Å². The Bertz CT molecular complexity index is 998. The quantitative estimate of drug-likeness (QED) is 0.732. The lowest BCUT2D eigenvalue weighted by Gasteiger charge is -2.34. The van der Waals surface area contributed by atoms with Crippen LogP contribution in [0.4, 0.5) is 14.9 Å². The Balaban J connectivity index is 1.29. The molecule has 150 valence electrons. The van der Waals surface area contributed by atoms with Gasteiger partial charge in [0.1, 0.15) is 5.82 Å². The number of benzene rings is 2. The van der Waals surface area contributed by atoms with Crippen LogP contribution in [0.3, 0.4) is 0 Å². The van der Waals surface area contributed by atoms with Crippen molar-refractivity contribution in [3.8, 4) is 11.5 Å². The van der Waals surface area contributed by atoms with Crippen LogP contribution in [-0.4, -0.2) is 52.2 Å². The van der Waals surface area contributed by atoms with E-state index < -0.39 is 0 Å². The van der Waals surface area contributed by atoms with Gasteiger partial charge in [0, 0.05) is 37.4 Å². The predicted molar refractivity (Wildman–Crippen MR) is 107 cm³/mol. The van der Waals surface area contributed by atoms with E-state index in [9.17, 15) is 9.18 Å². The molecule has 1 aliphatic rings. The molecule has 1 aromatic heterocycles. The maximum atomic E-state index is 13.4. The number of rotatable bonds is 4. The lowest BCUT2D eigenvalue weighted by Crippen LogP contribution is -2.49. The third-order valence-electron chi connectivity index (χ3n) is 4.83. The standard InChI is InChI=1S/C21H22FN5O2/c1-15-4-2-7-18(12-15)23-21(28)27-10-8-26(9-11-27)14-19-24-20(29-25-19)16-5-3-6-17(22)13-16/h2-7,12-13H,8-11,14H2,1H3,(H,23,28). The normalized spacial score (nSPS) is 14.8. The second-order valence-electron chi connectivity index (χ2n) is 7.09. The van der Waals surface area contributed by atoms with Crippen LogP contribution < -0.4 is 5.32 Å². The van der Waals surface area contributed by atoms with Gasteiger partial charge in [0.25, 0.3) is 5.89 Å². The Labute approximate surface area is 168 Å².